The summed E-state index contributed by atoms with van der Waals surface area (Å²) in [7, 11) is 0. The largest absolute Gasteiger partial charge is 0.489 e. The number of ether oxygens (including phenoxy) is 1. The van der Waals surface area contributed by atoms with Crippen LogP contribution < -0.4 is 10.5 Å². The van der Waals surface area contributed by atoms with Crippen LogP contribution >= 0.6 is 11.6 Å². The summed E-state index contributed by atoms with van der Waals surface area (Å²) < 4.78 is 6.01. The van der Waals surface area contributed by atoms with Crippen LogP contribution in [0.2, 0.25) is 5.02 Å². The molecule has 2 saturated carbocycles. The first-order valence-corrected chi connectivity index (χ1v) is 8.31. The monoisotopic (exact) mass is 293 g/mol. The summed E-state index contributed by atoms with van der Waals surface area (Å²) in [6.45, 7) is 0. The van der Waals surface area contributed by atoms with Gasteiger partial charge in [0.1, 0.15) is 5.75 Å². The maximum Gasteiger partial charge on any atom is 0.138 e. The third-order valence-electron chi connectivity index (χ3n) is 4.85. The van der Waals surface area contributed by atoms with E-state index in [0.29, 0.717) is 11.1 Å². The van der Waals surface area contributed by atoms with Gasteiger partial charge < -0.3 is 10.5 Å². The van der Waals surface area contributed by atoms with Crippen molar-refractivity contribution in [3.05, 3.63) is 28.8 Å². The molecule has 20 heavy (non-hydrogen) atoms. The van der Waals surface area contributed by atoms with Gasteiger partial charge in [-0.2, -0.15) is 0 Å². The maximum atomic E-state index is 6.56. The molecular weight excluding hydrogens is 270 g/mol. The lowest BCUT2D eigenvalue weighted by Crippen LogP contribution is -2.38. The van der Waals surface area contributed by atoms with Gasteiger partial charge in [-0.3, -0.25) is 0 Å². The van der Waals surface area contributed by atoms with Crippen molar-refractivity contribution in [3.8, 4) is 5.75 Å². The van der Waals surface area contributed by atoms with Crippen LogP contribution in [0.3, 0.4) is 0 Å². The molecule has 3 heteroatoms. The highest BCUT2D eigenvalue weighted by molar-refractivity contribution is 6.32. The van der Waals surface area contributed by atoms with E-state index in [-0.39, 0.29) is 5.54 Å². The van der Waals surface area contributed by atoms with Crippen molar-refractivity contribution in [1.29, 1.82) is 0 Å². The molecule has 0 aromatic heterocycles. The van der Waals surface area contributed by atoms with E-state index in [9.17, 15) is 0 Å². The molecule has 0 radical (unpaired) electrons. The molecule has 0 aliphatic heterocycles. The average molecular weight is 294 g/mol. The summed E-state index contributed by atoms with van der Waals surface area (Å²) in [4.78, 5) is 0. The molecule has 0 heterocycles. The predicted octanol–water partition coefficient (Wildman–Crippen LogP) is 4.78. The normalized spacial score (nSPS) is 22.9. The fourth-order valence-electron chi connectivity index (χ4n) is 3.56. The van der Waals surface area contributed by atoms with E-state index >= 15 is 0 Å². The summed E-state index contributed by atoms with van der Waals surface area (Å²) >= 11 is 6.41. The lowest BCUT2D eigenvalue weighted by molar-refractivity contribution is 0.210. The van der Waals surface area contributed by atoms with E-state index in [1.54, 1.807) is 0 Å². The van der Waals surface area contributed by atoms with E-state index in [4.69, 9.17) is 22.1 Å². The Labute approximate surface area is 126 Å². The minimum absolute atomic E-state index is 0.187. The number of hydrogen-bond acceptors (Lipinski definition) is 2. The number of benzene rings is 1. The quantitative estimate of drug-likeness (QED) is 0.870. The van der Waals surface area contributed by atoms with E-state index in [1.165, 1.54) is 37.7 Å². The third kappa shape index (κ3) is 2.96. The lowest BCUT2D eigenvalue weighted by atomic mass is 9.77. The molecular formula is C17H24ClNO. The van der Waals surface area contributed by atoms with E-state index in [0.717, 1.165) is 31.4 Å². The molecule has 2 nitrogen and oxygen atoms in total. The minimum atomic E-state index is -0.187. The topological polar surface area (TPSA) is 35.2 Å². The van der Waals surface area contributed by atoms with Gasteiger partial charge in [-0.05, 0) is 56.2 Å². The van der Waals surface area contributed by atoms with Crippen molar-refractivity contribution in [2.24, 2.45) is 5.73 Å². The lowest BCUT2D eigenvalue weighted by Gasteiger charge is -2.34. The van der Waals surface area contributed by atoms with Crippen molar-refractivity contribution in [2.45, 2.75) is 69.4 Å². The van der Waals surface area contributed by atoms with Gasteiger partial charge in [-0.15, -0.1) is 0 Å². The fourth-order valence-corrected chi connectivity index (χ4v) is 3.79. The van der Waals surface area contributed by atoms with Gasteiger partial charge >= 0.3 is 0 Å². The van der Waals surface area contributed by atoms with Crippen molar-refractivity contribution in [1.82, 2.24) is 0 Å². The number of hydrogen-bond donors (Lipinski definition) is 1. The zero-order chi connectivity index (χ0) is 14.0. The number of rotatable bonds is 3. The van der Waals surface area contributed by atoms with Crippen molar-refractivity contribution >= 4 is 11.6 Å². The molecule has 3 rings (SSSR count). The second kappa shape index (κ2) is 5.95. The SMILES string of the molecule is NC1(c2ccc(OC3CCCC3)c(Cl)c2)CCCCC1. The van der Waals surface area contributed by atoms with Crippen LogP contribution in [-0.2, 0) is 5.54 Å². The summed E-state index contributed by atoms with van der Waals surface area (Å²) in [6, 6.07) is 6.15. The molecule has 2 N–H and O–H groups in total. The minimum Gasteiger partial charge on any atom is -0.489 e. The molecule has 1 aromatic carbocycles. The molecule has 0 saturated heterocycles. The molecule has 2 aliphatic rings. The highest BCUT2D eigenvalue weighted by Gasteiger charge is 2.30. The van der Waals surface area contributed by atoms with Gasteiger partial charge in [0.25, 0.3) is 0 Å². The van der Waals surface area contributed by atoms with Gasteiger partial charge in [0.15, 0.2) is 0 Å². The van der Waals surface area contributed by atoms with Crippen LogP contribution in [-0.4, -0.2) is 6.10 Å². The molecule has 0 spiro atoms. The summed E-state index contributed by atoms with van der Waals surface area (Å²) in [5.41, 5.74) is 7.54. The first kappa shape index (κ1) is 14.2. The Bertz CT molecular complexity index is 462. The Morgan fingerprint density at radius 3 is 2.40 bits per heavy atom. The Morgan fingerprint density at radius 2 is 1.75 bits per heavy atom. The Hall–Kier alpha value is -0.730. The summed E-state index contributed by atoms with van der Waals surface area (Å²) in [6.07, 6.45) is 11.0. The van der Waals surface area contributed by atoms with Crippen molar-refractivity contribution in [2.75, 3.05) is 0 Å². The van der Waals surface area contributed by atoms with Crippen LogP contribution in [0.5, 0.6) is 5.75 Å². The smallest absolute Gasteiger partial charge is 0.138 e. The molecule has 0 amide bonds. The molecule has 0 atom stereocenters. The van der Waals surface area contributed by atoms with Gasteiger partial charge in [-0.1, -0.05) is 36.9 Å². The molecule has 0 bridgehead atoms. The third-order valence-corrected chi connectivity index (χ3v) is 5.14. The molecule has 110 valence electrons. The molecule has 2 aliphatic carbocycles. The van der Waals surface area contributed by atoms with Crippen LogP contribution in [0, 0.1) is 0 Å². The molecule has 0 unspecified atom stereocenters. The Morgan fingerprint density at radius 1 is 1.05 bits per heavy atom. The van der Waals surface area contributed by atoms with Gasteiger partial charge in [-0.25, -0.2) is 0 Å². The zero-order valence-electron chi connectivity index (χ0n) is 12.0. The Kier molecular flexibility index (Phi) is 4.23. The number of halogens is 1. The first-order chi connectivity index (χ1) is 9.67. The first-order valence-electron chi connectivity index (χ1n) is 7.93. The van der Waals surface area contributed by atoms with Crippen LogP contribution in [0.1, 0.15) is 63.4 Å². The van der Waals surface area contributed by atoms with Crippen LogP contribution in [0.25, 0.3) is 0 Å². The van der Waals surface area contributed by atoms with Crippen LogP contribution in [0.15, 0.2) is 18.2 Å². The van der Waals surface area contributed by atoms with Crippen molar-refractivity contribution in [3.63, 3.8) is 0 Å². The van der Waals surface area contributed by atoms with Gasteiger partial charge in [0, 0.05) is 5.54 Å². The van der Waals surface area contributed by atoms with E-state index in [2.05, 4.69) is 6.07 Å². The fraction of sp³-hybridized carbons (Fsp3) is 0.647. The second-order valence-corrected chi connectivity index (χ2v) is 6.79. The summed E-state index contributed by atoms with van der Waals surface area (Å²) in [5, 5.41) is 0.713. The summed E-state index contributed by atoms with van der Waals surface area (Å²) in [5.74, 6) is 0.821. The van der Waals surface area contributed by atoms with Crippen LogP contribution in [0.4, 0.5) is 0 Å². The molecule has 1 aromatic rings. The molecule has 2 fully saturated rings. The highest BCUT2D eigenvalue weighted by atomic mass is 35.5. The number of nitrogens with two attached hydrogens (primary N) is 1. The average Bonchev–Trinajstić information content (AvgIpc) is 2.95. The zero-order valence-corrected chi connectivity index (χ0v) is 12.8. The van der Waals surface area contributed by atoms with Gasteiger partial charge in [0.05, 0.1) is 11.1 Å². The van der Waals surface area contributed by atoms with E-state index < -0.39 is 0 Å². The maximum absolute atomic E-state index is 6.56. The highest BCUT2D eigenvalue weighted by Crippen LogP contribution is 2.38. The van der Waals surface area contributed by atoms with Gasteiger partial charge in [0.2, 0.25) is 0 Å². The standard InChI is InChI=1S/C17H24ClNO/c18-15-12-13(17(19)10-4-1-5-11-17)8-9-16(15)20-14-6-2-3-7-14/h8-9,12,14H,1-7,10-11,19H2. The van der Waals surface area contributed by atoms with Crippen molar-refractivity contribution < 1.29 is 4.74 Å². The predicted molar refractivity (Wildman–Crippen MR) is 83.3 cm³/mol. The van der Waals surface area contributed by atoms with E-state index in [1.807, 2.05) is 12.1 Å². The Balaban J connectivity index is 1.76. The second-order valence-electron chi connectivity index (χ2n) is 6.39.